The van der Waals surface area contributed by atoms with Gasteiger partial charge in [0.1, 0.15) is 0 Å². The molecular weight excluding hydrogens is 474 g/mol. The number of carbonyl (C=O) groups excluding carboxylic acids is 3. The van der Waals surface area contributed by atoms with Crippen molar-refractivity contribution in [3.63, 3.8) is 0 Å². The highest BCUT2D eigenvalue weighted by Crippen LogP contribution is 2.70. The molecule has 1 aromatic carbocycles. The molecule has 0 radical (unpaired) electrons. The maximum atomic E-state index is 13.9. The Bertz CT molecular complexity index is 1290. The number of ketones is 2. The van der Waals surface area contributed by atoms with E-state index in [2.05, 4.69) is 55.3 Å². The van der Waals surface area contributed by atoms with Gasteiger partial charge in [-0.15, -0.1) is 5.92 Å². The van der Waals surface area contributed by atoms with Crippen LogP contribution in [0.4, 0.5) is 5.69 Å². The first kappa shape index (κ1) is 26.5. The van der Waals surface area contributed by atoms with Gasteiger partial charge in [0.05, 0.1) is 5.41 Å². The summed E-state index contributed by atoms with van der Waals surface area (Å²) in [6, 6.07) is 8.67. The maximum absolute atomic E-state index is 13.9. The van der Waals surface area contributed by atoms with E-state index in [0.29, 0.717) is 30.6 Å². The third kappa shape index (κ3) is 4.04. The lowest BCUT2D eigenvalue weighted by molar-refractivity contribution is -0.150. The molecule has 0 heterocycles. The van der Waals surface area contributed by atoms with Crippen LogP contribution in [-0.2, 0) is 19.1 Å². The number of hydrogen-bond acceptors (Lipinski definition) is 5. The molecule has 0 amide bonds. The van der Waals surface area contributed by atoms with Crippen molar-refractivity contribution >= 4 is 23.2 Å². The second-order valence-electron chi connectivity index (χ2n) is 11.9. The Morgan fingerprint density at radius 1 is 1.18 bits per heavy atom. The monoisotopic (exact) mass is 513 g/mol. The van der Waals surface area contributed by atoms with Crippen LogP contribution >= 0.6 is 0 Å². The number of ether oxygens (including phenoxy) is 1. The lowest BCUT2D eigenvalue weighted by atomic mass is 9.47. The van der Waals surface area contributed by atoms with Crippen molar-refractivity contribution in [3.8, 4) is 11.8 Å². The van der Waals surface area contributed by atoms with Crippen LogP contribution < -0.4 is 5.32 Å². The molecule has 0 bridgehead atoms. The largest absolute Gasteiger partial charge is 0.458 e. The van der Waals surface area contributed by atoms with Crippen LogP contribution in [-0.4, -0.2) is 31.2 Å². The van der Waals surface area contributed by atoms with Gasteiger partial charge in [0.15, 0.2) is 18.2 Å². The van der Waals surface area contributed by atoms with E-state index >= 15 is 0 Å². The smallest absolute Gasteiger partial charge is 0.303 e. The first-order valence-electron chi connectivity index (χ1n) is 14.0. The van der Waals surface area contributed by atoms with E-state index in [1.54, 1.807) is 6.92 Å². The van der Waals surface area contributed by atoms with Gasteiger partial charge in [-0.25, -0.2) is 0 Å². The quantitative estimate of drug-likeness (QED) is 0.385. The van der Waals surface area contributed by atoms with Crippen molar-refractivity contribution in [3.05, 3.63) is 52.6 Å². The molecule has 5 nitrogen and oxygen atoms in total. The minimum absolute atomic E-state index is 0.0693. The maximum Gasteiger partial charge on any atom is 0.303 e. The van der Waals surface area contributed by atoms with Gasteiger partial charge < -0.3 is 10.1 Å². The number of fused-ring (bicyclic) bond motifs is 4. The number of hydrogen-bond donors (Lipinski definition) is 1. The third-order valence-corrected chi connectivity index (χ3v) is 10.1. The number of anilines is 1. The summed E-state index contributed by atoms with van der Waals surface area (Å²) in [4.78, 5) is 37.9. The molecule has 4 aliphatic rings. The van der Waals surface area contributed by atoms with Crippen LogP contribution in [0.5, 0.6) is 0 Å². The summed E-state index contributed by atoms with van der Waals surface area (Å²) in [5, 5.41) is 3.22. The Labute approximate surface area is 226 Å². The van der Waals surface area contributed by atoms with Crippen molar-refractivity contribution in [2.75, 3.05) is 19.0 Å². The molecule has 1 N–H and O–H groups in total. The Morgan fingerprint density at radius 3 is 2.58 bits per heavy atom. The number of benzene rings is 1. The first-order chi connectivity index (χ1) is 18.1. The zero-order valence-corrected chi connectivity index (χ0v) is 23.3. The van der Waals surface area contributed by atoms with E-state index in [0.717, 1.165) is 31.4 Å². The van der Waals surface area contributed by atoms with Crippen molar-refractivity contribution in [2.45, 2.75) is 72.1 Å². The fourth-order valence-electron chi connectivity index (χ4n) is 8.40. The fourth-order valence-corrected chi connectivity index (χ4v) is 8.40. The number of nitrogens with one attached hydrogen (secondary N) is 1. The van der Waals surface area contributed by atoms with Crippen molar-refractivity contribution in [1.82, 2.24) is 0 Å². The van der Waals surface area contributed by atoms with E-state index in [1.165, 1.54) is 29.2 Å². The highest BCUT2D eigenvalue weighted by molar-refractivity contribution is 5.93. The second kappa shape index (κ2) is 9.88. The molecule has 0 spiro atoms. The summed E-state index contributed by atoms with van der Waals surface area (Å²) in [6.45, 7) is 7.46. The Morgan fingerprint density at radius 2 is 1.92 bits per heavy atom. The van der Waals surface area contributed by atoms with E-state index in [4.69, 9.17) is 4.74 Å². The van der Waals surface area contributed by atoms with Crippen LogP contribution in [0.1, 0.15) is 77.7 Å². The van der Waals surface area contributed by atoms with Gasteiger partial charge in [-0.05, 0) is 97.1 Å². The van der Waals surface area contributed by atoms with Crippen LogP contribution in [0.2, 0.25) is 0 Å². The molecule has 1 aromatic rings. The molecule has 6 atom stereocenters. The van der Waals surface area contributed by atoms with Gasteiger partial charge in [-0.2, -0.15) is 0 Å². The highest BCUT2D eigenvalue weighted by Gasteiger charge is 2.65. The zero-order valence-electron chi connectivity index (χ0n) is 23.3. The topological polar surface area (TPSA) is 72.5 Å². The molecular formula is C33H39NO4. The Kier molecular flexibility index (Phi) is 6.88. The van der Waals surface area contributed by atoms with Crippen molar-refractivity contribution in [2.24, 2.45) is 28.6 Å². The Hall–Kier alpha value is -3.13. The normalized spacial score (nSPS) is 33.7. The predicted molar refractivity (Wildman–Crippen MR) is 148 cm³/mol. The number of allylic oxidation sites excluding steroid dienone is 4. The standard InChI is InChI=1S/C33H39NO4/c1-6-14-33(30(37)19-38-21(3)35)15-13-29-27-16-20(2)26-17-24(36)11-12-25(26)31(27)28(18-32(29,33)4)22-7-9-23(34-5)10-8-22/h7-10,17,20,27-29,34H,11-13,15-16,18-19H2,1-5H3/t20?,27-,28+,29-,32-,33+/m0/s1. The number of rotatable bonds is 5. The molecule has 2 fully saturated rings. The minimum Gasteiger partial charge on any atom is -0.458 e. The zero-order chi connectivity index (χ0) is 27.2. The lowest BCUT2D eigenvalue weighted by Gasteiger charge is -2.55. The summed E-state index contributed by atoms with van der Waals surface area (Å²) in [5.74, 6) is 7.32. The van der Waals surface area contributed by atoms with Gasteiger partial charge in [0, 0.05) is 32.0 Å². The number of Topliss-reactive ketones (excluding diaryl/α,β-unsaturated/α-hetero) is 1. The minimum atomic E-state index is -0.844. The Balaban J connectivity index is 1.68. The molecule has 0 aliphatic heterocycles. The van der Waals surface area contributed by atoms with Crippen LogP contribution in [0.15, 0.2) is 47.1 Å². The molecule has 5 rings (SSSR count). The summed E-state index contributed by atoms with van der Waals surface area (Å²) >= 11 is 0. The van der Waals surface area contributed by atoms with Crippen molar-refractivity contribution in [1.29, 1.82) is 0 Å². The first-order valence-corrected chi connectivity index (χ1v) is 14.0. The van der Waals surface area contributed by atoms with Crippen molar-refractivity contribution < 1.29 is 19.1 Å². The molecule has 0 aromatic heterocycles. The fraction of sp³-hybridized carbons (Fsp3) is 0.545. The SMILES string of the molecule is CC#C[C@]1(C(=O)COC(C)=O)CC[C@H]2[C@@H]3CC(C)C4=CC(=O)CCC4=C3[C@@H](c3ccc(NC)cc3)C[C@@]21C. The lowest BCUT2D eigenvalue weighted by Crippen LogP contribution is -2.52. The number of carbonyl (C=O) groups is 3. The number of esters is 1. The molecule has 4 aliphatic carbocycles. The van der Waals surface area contributed by atoms with Gasteiger partial charge in [-0.1, -0.05) is 37.5 Å². The molecule has 200 valence electrons. The summed E-state index contributed by atoms with van der Waals surface area (Å²) in [7, 11) is 1.92. The molecule has 5 heteroatoms. The van der Waals surface area contributed by atoms with Crippen LogP contribution in [0, 0.1) is 40.4 Å². The van der Waals surface area contributed by atoms with Gasteiger partial charge in [0.2, 0.25) is 0 Å². The highest BCUT2D eigenvalue weighted by atomic mass is 16.5. The van der Waals surface area contributed by atoms with E-state index < -0.39 is 11.4 Å². The van der Waals surface area contributed by atoms with Gasteiger partial charge >= 0.3 is 5.97 Å². The molecule has 38 heavy (non-hydrogen) atoms. The average Bonchev–Trinajstić information content (AvgIpc) is 3.20. The molecule has 2 saturated carbocycles. The molecule has 0 saturated heterocycles. The summed E-state index contributed by atoms with van der Waals surface area (Å²) in [5.41, 5.74) is 5.23. The van der Waals surface area contributed by atoms with Crippen LogP contribution in [0.25, 0.3) is 0 Å². The predicted octanol–water partition coefficient (Wildman–Crippen LogP) is 6.02. The second-order valence-corrected chi connectivity index (χ2v) is 11.9. The molecule has 1 unspecified atom stereocenters. The average molecular weight is 514 g/mol. The van der Waals surface area contributed by atoms with Crippen LogP contribution in [0.3, 0.4) is 0 Å². The van der Waals surface area contributed by atoms with Gasteiger partial charge in [0.25, 0.3) is 0 Å². The van der Waals surface area contributed by atoms with E-state index in [9.17, 15) is 14.4 Å². The van der Waals surface area contributed by atoms with Gasteiger partial charge in [-0.3, -0.25) is 14.4 Å². The summed E-state index contributed by atoms with van der Waals surface area (Å²) < 4.78 is 5.24. The van der Waals surface area contributed by atoms with E-state index in [-0.39, 0.29) is 29.5 Å². The van der Waals surface area contributed by atoms with E-state index in [1.807, 2.05) is 13.1 Å². The summed E-state index contributed by atoms with van der Waals surface area (Å²) in [6.07, 6.45) is 6.69. The third-order valence-electron chi connectivity index (χ3n) is 10.1.